The molecule has 0 aromatic heterocycles. The maximum atomic E-state index is 6.17. The first-order chi connectivity index (χ1) is 12.3. The van der Waals surface area contributed by atoms with Gasteiger partial charge in [-0.1, -0.05) is 36.4 Å². The van der Waals surface area contributed by atoms with Crippen molar-refractivity contribution in [1.82, 2.24) is 0 Å². The number of guanidine groups is 1. The summed E-state index contributed by atoms with van der Waals surface area (Å²) in [6.45, 7) is 0. The fourth-order valence-electron chi connectivity index (χ4n) is 3.89. The van der Waals surface area contributed by atoms with Gasteiger partial charge in [0.1, 0.15) is 0 Å². The Hall–Kier alpha value is -2.81. The third-order valence-corrected chi connectivity index (χ3v) is 5.33. The largest absolute Gasteiger partial charge is 0.369 e. The first-order valence-electron chi connectivity index (χ1n) is 9.02. The molecule has 25 heavy (non-hydrogen) atoms. The van der Waals surface area contributed by atoms with Crippen LogP contribution >= 0.6 is 0 Å². The summed E-state index contributed by atoms with van der Waals surface area (Å²) in [7, 11) is 0. The highest BCUT2D eigenvalue weighted by Crippen LogP contribution is 2.40. The molecule has 3 nitrogen and oxygen atoms in total. The van der Waals surface area contributed by atoms with E-state index in [9.17, 15) is 0 Å². The summed E-state index contributed by atoms with van der Waals surface area (Å²) >= 11 is 0. The maximum absolute atomic E-state index is 6.17. The Kier molecular flexibility index (Phi) is 3.27. The normalized spacial score (nSPS) is 16.4. The van der Waals surface area contributed by atoms with Crippen molar-refractivity contribution in [2.75, 3.05) is 5.32 Å². The minimum Gasteiger partial charge on any atom is -0.369 e. The fourth-order valence-corrected chi connectivity index (χ4v) is 3.89. The van der Waals surface area contributed by atoms with Crippen LogP contribution < -0.4 is 11.1 Å². The Morgan fingerprint density at radius 1 is 0.920 bits per heavy atom. The minimum absolute atomic E-state index is 0.429. The Morgan fingerprint density at radius 3 is 2.44 bits per heavy atom. The molecule has 124 valence electrons. The first-order valence-corrected chi connectivity index (χ1v) is 9.02. The number of aliphatic imine (C=N–C) groups is 1. The summed E-state index contributed by atoms with van der Waals surface area (Å²) in [5.74, 6) is 1.20. The van der Waals surface area contributed by atoms with Crippen LogP contribution in [0.5, 0.6) is 0 Å². The molecule has 0 saturated heterocycles. The van der Waals surface area contributed by atoms with Crippen LogP contribution in [-0.2, 0) is 12.8 Å². The van der Waals surface area contributed by atoms with Crippen molar-refractivity contribution in [3.05, 3.63) is 71.3 Å². The maximum Gasteiger partial charge on any atom is 0.198 e. The molecule has 3 heteroatoms. The molecule has 0 radical (unpaired) electrons. The predicted octanol–water partition coefficient (Wildman–Crippen LogP) is 4.87. The highest BCUT2D eigenvalue weighted by Gasteiger charge is 2.23. The molecule has 1 fully saturated rings. The van der Waals surface area contributed by atoms with Gasteiger partial charge >= 0.3 is 0 Å². The molecular weight excluding hydrogens is 306 g/mol. The van der Waals surface area contributed by atoms with Crippen LogP contribution in [0, 0.1) is 0 Å². The number of nitrogens with one attached hydrogen (secondary N) is 1. The minimum atomic E-state index is 0.429. The number of hydrogen-bond acceptors (Lipinski definition) is 1. The highest BCUT2D eigenvalue weighted by molar-refractivity contribution is 6.02. The number of nitrogens with zero attached hydrogens (tertiary/aromatic N) is 1. The number of aryl methyl sites for hydroxylation is 2. The third kappa shape index (κ3) is 2.66. The van der Waals surface area contributed by atoms with Gasteiger partial charge in [0, 0.05) is 11.1 Å². The van der Waals surface area contributed by atoms with Gasteiger partial charge in [-0.3, -0.25) is 0 Å². The zero-order chi connectivity index (χ0) is 16.8. The van der Waals surface area contributed by atoms with Gasteiger partial charge in [-0.15, -0.1) is 0 Å². The van der Waals surface area contributed by atoms with Crippen LogP contribution in [0.4, 0.5) is 11.4 Å². The third-order valence-electron chi connectivity index (χ3n) is 5.33. The van der Waals surface area contributed by atoms with E-state index in [4.69, 9.17) is 5.73 Å². The second kappa shape index (κ2) is 5.62. The molecule has 0 heterocycles. The smallest absolute Gasteiger partial charge is 0.198 e. The molecule has 0 atom stereocenters. The predicted molar refractivity (Wildman–Crippen MR) is 105 cm³/mol. The molecule has 1 saturated carbocycles. The number of anilines is 1. The van der Waals surface area contributed by atoms with Crippen molar-refractivity contribution >= 4 is 28.1 Å². The molecule has 3 aromatic rings. The Labute approximate surface area is 147 Å². The summed E-state index contributed by atoms with van der Waals surface area (Å²) in [5, 5.41) is 5.78. The lowest BCUT2D eigenvalue weighted by atomic mass is 10.0. The van der Waals surface area contributed by atoms with Gasteiger partial charge in [-0.25, -0.2) is 4.99 Å². The van der Waals surface area contributed by atoms with Crippen LogP contribution in [0.1, 0.15) is 35.4 Å². The molecule has 2 aliphatic carbocycles. The average Bonchev–Trinajstić information content (AvgIpc) is 3.39. The number of rotatable bonds is 3. The molecule has 3 N–H and O–H groups in total. The monoisotopic (exact) mass is 327 g/mol. The Morgan fingerprint density at radius 2 is 1.68 bits per heavy atom. The van der Waals surface area contributed by atoms with Crippen LogP contribution in [0.3, 0.4) is 0 Å². The van der Waals surface area contributed by atoms with Crippen molar-refractivity contribution < 1.29 is 0 Å². The topological polar surface area (TPSA) is 50.4 Å². The van der Waals surface area contributed by atoms with Gasteiger partial charge in [-0.05, 0) is 71.9 Å². The van der Waals surface area contributed by atoms with E-state index in [0.29, 0.717) is 5.96 Å². The van der Waals surface area contributed by atoms with E-state index < -0.39 is 0 Å². The van der Waals surface area contributed by atoms with Crippen LogP contribution in [0.25, 0.3) is 10.8 Å². The van der Waals surface area contributed by atoms with Gasteiger partial charge in [0.2, 0.25) is 0 Å². The van der Waals surface area contributed by atoms with Gasteiger partial charge in [0.25, 0.3) is 0 Å². The van der Waals surface area contributed by atoms with Gasteiger partial charge in [0.05, 0.1) is 5.69 Å². The Bertz CT molecular complexity index is 972. The summed E-state index contributed by atoms with van der Waals surface area (Å²) < 4.78 is 0. The van der Waals surface area contributed by atoms with Crippen LogP contribution in [0.15, 0.2) is 59.6 Å². The van der Waals surface area contributed by atoms with Crippen molar-refractivity contribution in [3.8, 4) is 0 Å². The van der Waals surface area contributed by atoms with Gasteiger partial charge in [0.15, 0.2) is 5.96 Å². The standard InChI is InChI=1S/C22H21N3/c23-22(24-18-11-8-15(9-12-18)14-4-5-14)25-20-13-10-17-7-6-16-2-1-3-19(20)21(16)17/h1-3,8-14H,4-7H2,(H3,23,24,25). The molecule has 5 rings (SSSR count). The van der Waals surface area contributed by atoms with Gasteiger partial charge < -0.3 is 11.1 Å². The summed E-state index contributed by atoms with van der Waals surface area (Å²) in [5.41, 5.74) is 12.4. The molecule has 3 aromatic carbocycles. The molecule has 2 aliphatic rings. The lowest BCUT2D eigenvalue weighted by Crippen LogP contribution is -2.21. The van der Waals surface area contributed by atoms with Crippen molar-refractivity contribution in [2.45, 2.75) is 31.6 Å². The van der Waals surface area contributed by atoms with E-state index in [-0.39, 0.29) is 0 Å². The zero-order valence-electron chi connectivity index (χ0n) is 14.1. The fraction of sp³-hybridized carbons (Fsp3) is 0.227. The van der Waals surface area contributed by atoms with Crippen LogP contribution in [-0.4, -0.2) is 5.96 Å². The quantitative estimate of drug-likeness (QED) is 0.532. The van der Waals surface area contributed by atoms with Crippen molar-refractivity contribution in [2.24, 2.45) is 10.7 Å². The van der Waals surface area contributed by atoms with Gasteiger partial charge in [-0.2, -0.15) is 0 Å². The molecule has 0 spiro atoms. The second-order valence-corrected chi connectivity index (χ2v) is 7.10. The molecule has 0 unspecified atom stereocenters. The van der Waals surface area contributed by atoms with Crippen molar-refractivity contribution in [1.29, 1.82) is 0 Å². The molecule has 0 amide bonds. The number of benzene rings is 3. The second-order valence-electron chi connectivity index (χ2n) is 7.10. The SMILES string of the molecule is NC(=Nc1ccc2c3c(cccc13)CC2)Nc1ccc(C2CC2)cc1. The summed E-state index contributed by atoms with van der Waals surface area (Å²) in [4.78, 5) is 4.65. The molecular formula is C22H21N3. The van der Waals surface area contributed by atoms with E-state index >= 15 is 0 Å². The van der Waals surface area contributed by atoms with Crippen LogP contribution in [0.2, 0.25) is 0 Å². The lowest BCUT2D eigenvalue weighted by Gasteiger charge is -2.09. The van der Waals surface area contributed by atoms with Crippen molar-refractivity contribution in [3.63, 3.8) is 0 Å². The molecule has 0 bridgehead atoms. The lowest BCUT2D eigenvalue weighted by molar-refractivity contribution is 1.02. The van der Waals surface area contributed by atoms with E-state index in [2.05, 4.69) is 64.9 Å². The number of hydrogen-bond donors (Lipinski definition) is 2. The highest BCUT2D eigenvalue weighted by atomic mass is 15.1. The van der Waals surface area contributed by atoms with E-state index in [1.54, 1.807) is 0 Å². The zero-order valence-corrected chi connectivity index (χ0v) is 14.1. The Balaban J connectivity index is 1.44. The van der Waals surface area contributed by atoms with E-state index in [0.717, 1.165) is 30.1 Å². The number of nitrogens with two attached hydrogens (primary N) is 1. The van der Waals surface area contributed by atoms with E-state index in [1.807, 2.05) is 0 Å². The molecule has 0 aliphatic heterocycles. The van der Waals surface area contributed by atoms with E-state index in [1.165, 1.54) is 40.3 Å². The first kappa shape index (κ1) is 14.5. The average molecular weight is 327 g/mol. The summed E-state index contributed by atoms with van der Waals surface area (Å²) in [6.07, 6.45) is 4.89. The summed E-state index contributed by atoms with van der Waals surface area (Å²) in [6, 6.07) is 19.3.